The fourth-order valence-corrected chi connectivity index (χ4v) is 3.61. The van der Waals surface area contributed by atoms with Crippen LogP contribution in [0.3, 0.4) is 0 Å². The Morgan fingerprint density at radius 1 is 0.810 bits per heavy atom. The summed E-state index contributed by atoms with van der Waals surface area (Å²) in [6, 6.07) is 17.0. The molecule has 0 amide bonds. The summed E-state index contributed by atoms with van der Waals surface area (Å²) >= 11 is 0. The first kappa shape index (κ1) is 12.9. The lowest BCUT2D eigenvalue weighted by atomic mass is 9.87. The van der Waals surface area contributed by atoms with Gasteiger partial charge in [0.1, 0.15) is 11.5 Å². The molecule has 0 unspecified atom stereocenters. The fourth-order valence-electron chi connectivity index (χ4n) is 3.61. The Kier molecular flexibility index (Phi) is 3.40. The molecule has 2 heterocycles. The topological polar surface area (TPSA) is 12.5 Å². The Balaban J connectivity index is 1.70. The third kappa shape index (κ3) is 2.44. The van der Waals surface area contributed by atoms with Crippen molar-refractivity contribution in [2.45, 2.75) is 25.2 Å². The Bertz CT molecular complexity index is 585. The van der Waals surface area contributed by atoms with Gasteiger partial charge in [-0.05, 0) is 38.1 Å². The third-order valence-electron chi connectivity index (χ3n) is 4.70. The van der Waals surface area contributed by atoms with Gasteiger partial charge in [-0.15, -0.1) is 0 Å². The van der Waals surface area contributed by atoms with Gasteiger partial charge in [-0.25, -0.2) is 0 Å². The molecule has 108 valence electrons. The van der Waals surface area contributed by atoms with Crippen molar-refractivity contribution >= 4 is 0 Å². The molecule has 21 heavy (non-hydrogen) atoms. The van der Waals surface area contributed by atoms with Crippen LogP contribution in [0, 0.1) is 0 Å². The number of hydrogen-bond acceptors (Lipinski definition) is 2. The molecule has 2 aromatic rings. The van der Waals surface area contributed by atoms with E-state index in [0.717, 1.165) is 18.0 Å². The van der Waals surface area contributed by atoms with Crippen molar-refractivity contribution in [3.05, 3.63) is 59.7 Å². The number of fused-ring (bicyclic) bond motifs is 2. The summed E-state index contributed by atoms with van der Waals surface area (Å²) in [5, 5.41) is 0. The van der Waals surface area contributed by atoms with E-state index >= 15 is 0 Å². The molecular weight excluding hydrogens is 258 g/mol. The van der Waals surface area contributed by atoms with Gasteiger partial charge in [-0.1, -0.05) is 42.8 Å². The van der Waals surface area contributed by atoms with Crippen LogP contribution in [0.25, 0.3) is 0 Å². The van der Waals surface area contributed by atoms with Gasteiger partial charge in [-0.2, -0.15) is 0 Å². The number of rotatable bonds is 2. The molecule has 0 N–H and O–H groups in total. The average Bonchev–Trinajstić information content (AvgIpc) is 2.55. The van der Waals surface area contributed by atoms with Crippen molar-refractivity contribution < 1.29 is 4.74 Å². The van der Waals surface area contributed by atoms with Gasteiger partial charge in [-0.3, -0.25) is 0 Å². The molecule has 0 aliphatic carbocycles. The average molecular weight is 279 g/mol. The molecule has 0 radical (unpaired) electrons. The standard InChI is InChI=1S/C19H21NO/c1-6-12-20(13-7-1)14-17-15-8-2-4-10-18(15)21-19-11-5-3-9-16(17)19/h2-5,8-11,17H,1,6-7,12-14H2. The van der Waals surface area contributed by atoms with Crippen LogP contribution in [0.5, 0.6) is 11.5 Å². The maximum absolute atomic E-state index is 6.08. The minimum atomic E-state index is 0.434. The molecule has 1 saturated heterocycles. The van der Waals surface area contributed by atoms with E-state index in [4.69, 9.17) is 4.74 Å². The summed E-state index contributed by atoms with van der Waals surface area (Å²) < 4.78 is 6.08. The van der Waals surface area contributed by atoms with Gasteiger partial charge in [0.25, 0.3) is 0 Å². The minimum Gasteiger partial charge on any atom is -0.457 e. The highest BCUT2D eigenvalue weighted by Crippen LogP contribution is 2.44. The first-order chi connectivity index (χ1) is 10.4. The van der Waals surface area contributed by atoms with Crippen LogP contribution in [0.4, 0.5) is 0 Å². The summed E-state index contributed by atoms with van der Waals surface area (Å²) in [7, 11) is 0. The van der Waals surface area contributed by atoms with Crippen molar-refractivity contribution in [2.24, 2.45) is 0 Å². The number of ether oxygens (including phenoxy) is 1. The van der Waals surface area contributed by atoms with Crippen molar-refractivity contribution in [2.75, 3.05) is 19.6 Å². The monoisotopic (exact) mass is 279 g/mol. The second-order valence-corrected chi connectivity index (χ2v) is 6.09. The van der Waals surface area contributed by atoms with Gasteiger partial charge < -0.3 is 9.64 Å². The fraction of sp³-hybridized carbons (Fsp3) is 0.368. The molecule has 2 aliphatic heterocycles. The lowest BCUT2D eigenvalue weighted by Crippen LogP contribution is -2.34. The summed E-state index contributed by atoms with van der Waals surface area (Å²) in [5.74, 6) is 2.49. The predicted molar refractivity (Wildman–Crippen MR) is 85.1 cm³/mol. The molecule has 0 aromatic heterocycles. The zero-order valence-corrected chi connectivity index (χ0v) is 12.3. The van der Waals surface area contributed by atoms with Crippen molar-refractivity contribution in [1.29, 1.82) is 0 Å². The van der Waals surface area contributed by atoms with E-state index in [1.807, 2.05) is 0 Å². The lowest BCUT2D eigenvalue weighted by Gasteiger charge is -2.34. The smallest absolute Gasteiger partial charge is 0.131 e. The molecule has 2 nitrogen and oxygen atoms in total. The summed E-state index contributed by atoms with van der Waals surface area (Å²) in [4.78, 5) is 2.62. The number of benzene rings is 2. The molecule has 2 heteroatoms. The second-order valence-electron chi connectivity index (χ2n) is 6.09. The molecule has 2 aromatic carbocycles. The van der Waals surface area contributed by atoms with Crippen LogP contribution >= 0.6 is 0 Å². The van der Waals surface area contributed by atoms with Crippen LogP contribution in [0.15, 0.2) is 48.5 Å². The first-order valence-electron chi connectivity index (χ1n) is 8.00. The van der Waals surface area contributed by atoms with Gasteiger partial charge >= 0.3 is 0 Å². The van der Waals surface area contributed by atoms with E-state index in [9.17, 15) is 0 Å². The number of hydrogen-bond donors (Lipinski definition) is 0. The highest BCUT2D eigenvalue weighted by Gasteiger charge is 2.28. The van der Waals surface area contributed by atoms with E-state index in [-0.39, 0.29) is 0 Å². The van der Waals surface area contributed by atoms with E-state index in [0.29, 0.717) is 5.92 Å². The molecule has 4 rings (SSSR count). The third-order valence-corrected chi connectivity index (χ3v) is 4.70. The second kappa shape index (κ2) is 5.53. The normalized spacial score (nSPS) is 18.7. The van der Waals surface area contributed by atoms with E-state index in [1.165, 1.54) is 43.5 Å². The quantitative estimate of drug-likeness (QED) is 0.807. The van der Waals surface area contributed by atoms with Crippen LogP contribution in [-0.2, 0) is 0 Å². The van der Waals surface area contributed by atoms with Crippen LogP contribution in [-0.4, -0.2) is 24.5 Å². The van der Waals surface area contributed by atoms with Crippen molar-refractivity contribution in [3.8, 4) is 11.5 Å². The number of para-hydroxylation sites is 2. The van der Waals surface area contributed by atoms with Crippen LogP contribution < -0.4 is 4.74 Å². The van der Waals surface area contributed by atoms with Gasteiger partial charge in [0.15, 0.2) is 0 Å². The summed E-state index contributed by atoms with van der Waals surface area (Å²) in [5.41, 5.74) is 2.67. The van der Waals surface area contributed by atoms with E-state index in [2.05, 4.69) is 53.4 Å². The van der Waals surface area contributed by atoms with Crippen LogP contribution in [0.1, 0.15) is 36.3 Å². The molecule has 1 fully saturated rings. The Hall–Kier alpha value is -1.80. The molecular formula is C19H21NO. The Morgan fingerprint density at radius 3 is 2.00 bits per heavy atom. The number of nitrogens with zero attached hydrogens (tertiary/aromatic N) is 1. The molecule has 0 spiro atoms. The molecule has 0 atom stereocenters. The summed E-state index contributed by atoms with van der Waals surface area (Å²) in [6.07, 6.45) is 4.07. The van der Waals surface area contributed by atoms with Gasteiger partial charge in [0.05, 0.1) is 0 Å². The maximum Gasteiger partial charge on any atom is 0.131 e. The highest BCUT2D eigenvalue weighted by atomic mass is 16.5. The van der Waals surface area contributed by atoms with Gasteiger partial charge in [0.2, 0.25) is 0 Å². The number of piperidine rings is 1. The van der Waals surface area contributed by atoms with Crippen molar-refractivity contribution in [3.63, 3.8) is 0 Å². The zero-order chi connectivity index (χ0) is 14.1. The van der Waals surface area contributed by atoms with Gasteiger partial charge in [0, 0.05) is 23.6 Å². The zero-order valence-electron chi connectivity index (χ0n) is 12.3. The largest absolute Gasteiger partial charge is 0.457 e. The number of likely N-dealkylation sites (tertiary alicyclic amines) is 1. The predicted octanol–water partition coefficient (Wildman–Crippen LogP) is 4.41. The minimum absolute atomic E-state index is 0.434. The SMILES string of the molecule is c1ccc2c(c1)Oc1ccccc1C2CN1CCCCC1. The maximum atomic E-state index is 6.08. The first-order valence-corrected chi connectivity index (χ1v) is 8.00. The summed E-state index contributed by atoms with van der Waals surface area (Å²) in [6.45, 7) is 3.58. The molecule has 0 bridgehead atoms. The Labute approximate surface area is 126 Å². The van der Waals surface area contributed by atoms with Crippen molar-refractivity contribution in [1.82, 2.24) is 4.90 Å². The van der Waals surface area contributed by atoms with Crippen LogP contribution in [0.2, 0.25) is 0 Å². The molecule has 0 saturated carbocycles. The molecule has 2 aliphatic rings. The van der Waals surface area contributed by atoms with E-state index < -0.39 is 0 Å². The highest BCUT2D eigenvalue weighted by molar-refractivity contribution is 5.53. The lowest BCUT2D eigenvalue weighted by molar-refractivity contribution is 0.219. The van der Waals surface area contributed by atoms with E-state index in [1.54, 1.807) is 0 Å². The Morgan fingerprint density at radius 2 is 1.38 bits per heavy atom.